The highest BCUT2D eigenvalue weighted by molar-refractivity contribution is 6.88. The van der Waals surface area contributed by atoms with Crippen LogP contribution in [0, 0.1) is 0 Å². The lowest BCUT2D eigenvalue weighted by molar-refractivity contribution is 0.490. The van der Waals surface area contributed by atoms with E-state index in [2.05, 4.69) is 34.6 Å². The van der Waals surface area contributed by atoms with Crippen molar-refractivity contribution >= 4 is 16.6 Å². The first-order chi connectivity index (χ1) is 9.62. The maximum Gasteiger partial charge on any atom is 0.182 e. The molecule has 1 saturated carbocycles. The Hall–Kier alpha value is 0.394. The molecule has 0 bridgehead atoms. The van der Waals surface area contributed by atoms with Crippen LogP contribution >= 0.6 is 0 Å². The number of hydrogen-bond donors (Lipinski definition) is 0. The molecule has 1 nitrogen and oxygen atoms in total. The highest BCUT2D eigenvalue weighted by Gasteiger charge is 2.51. The molecule has 0 unspecified atom stereocenters. The predicted octanol–water partition coefficient (Wildman–Crippen LogP) is 6.72. The summed E-state index contributed by atoms with van der Waals surface area (Å²) in [6.07, 6.45) is 8.31. The highest BCUT2D eigenvalue weighted by atomic mass is 28.4. The fourth-order valence-electron chi connectivity index (χ4n) is 4.17. The van der Waals surface area contributed by atoms with E-state index in [4.69, 9.17) is 4.12 Å². The van der Waals surface area contributed by atoms with E-state index in [1.165, 1.54) is 68.7 Å². The Kier molecular flexibility index (Phi) is 8.06. The van der Waals surface area contributed by atoms with Gasteiger partial charge in [-0.15, -0.1) is 0 Å². The van der Waals surface area contributed by atoms with Crippen LogP contribution in [0.4, 0.5) is 0 Å². The van der Waals surface area contributed by atoms with Gasteiger partial charge in [-0.3, -0.25) is 0 Å². The smallest absolute Gasteiger partial charge is 0.182 e. The van der Waals surface area contributed by atoms with Crippen LogP contribution in [-0.2, 0) is 4.12 Å². The fraction of sp³-hybridized carbons (Fsp3) is 1.00. The molecule has 0 atom stereocenters. The molecular weight excluding hydrogens is 276 g/mol. The summed E-state index contributed by atoms with van der Waals surface area (Å²) < 4.78 is 7.34. The molecule has 0 spiro atoms. The molecule has 0 saturated heterocycles. The van der Waals surface area contributed by atoms with Gasteiger partial charge in [-0.25, -0.2) is 0 Å². The Bertz CT molecular complexity index is 252. The third-order valence-corrected chi connectivity index (χ3v) is 17.4. The molecule has 0 aromatic heterocycles. The van der Waals surface area contributed by atoms with Gasteiger partial charge in [0.25, 0.3) is 0 Å². The summed E-state index contributed by atoms with van der Waals surface area (Å²) in [6.45, 7) is 11.9. The molecular formula is C17H38OSi2. The van der Waals surface area contributed by atoms with Gasteiger partial charge in [0, 0.05) is 0 Å². The van der Waals surface area contributed by atoms with Crippen LogP contribution in [-0.4, -0.2) is 16.6 Å². The minimum atomic E-state index is -1.44. The topological polar surface area (TPSA) is 9.23 Å². The van der Waals surface area contributed by atoms with Gasteiger partial charge in [-0.1, -0.05) is 73.1 Å². The summed E-state index contributed by atoms with van der Waals surface area (Å²) in [4.78, 5) is 0. The van der Waals surface area contributed by atoms with Crippen molar-refractivity contribution in [3.63, 3.8) is 0 Å². The van der Waals surface area contributed by atoms with Crippen LogP contribution in [0.2, 0.25) is 35.8 Å². The highest BCUT2D eigenvalue weighted by Crippen LogP contribution is 2.52. The maximum absolute atomic E-state index is 7.34. The van der Waals surface area contributed by atoms with Crippen molar-refractivity contribution in [1.29, 1.82) is 0 Å². The van der Waals surface area contributed by atoms with Gasteiger partial charge in [-0.05, 0) is 35.8 Å². The van der Waals surface area contributed by atoms with Crippen molar-refractivity contribution in [3.05, 3.63) is 0 Å². The molecule has 120 valence electrons. The lowest BCUT2D eigenvalue weighted by Gasteiger charge is -2.43. The van der Waals surface area contributed by atoms with E-state index < -0.39 is 16.6 Å². The molecule has 1 aliphatic carbocycles. The van der Waals surface area contributed by atoms with E-state index in [0.29, 0.717) is 0 Å². The van der Waals surface area contributed by atoms with Gasteiger partial charge in [-0.2, -0.15) is 0 Å². The Morgan fingerprint density at radius 2 is 1.20 bits per heavy atom. The molecule has 0 aliphatic heterocycles. The number of rotatable bonds is 12. The molecule has 0 amide bonds. The summed E-state index contributed by atoms with van der Waals surface area (Å²) in [6, 6.07) is 7.05. The quantitative estimate of drug-likeness (QED) is 0.363. The van der Waals surface area contributed by atoms with Gasteiger partial charge in [0.1, 0.15) is 0 Å². The van der Waals surface area contributed by atoms with E-state index in [-0.39, 0.29) is 0 Å². The normalized spacial score (nSPS) is 16.6. The monoisotopic (exact) mass is 314 g/mol. The first-order valence-electron chi connectivity index (χ1n) is 9.32. The van der Waals surface area contributed by atoms with Crippen molar-refractivity contribution in [2.24, 2.45) is 0 Å². The van der Waals surface area contributed by atoms with Crippen LogP contribution in [0.5, 0.6) is 0 Å². The predicted molar refractivity (Wildman–Crippen MR) is 96.5 cm³/mol. The van der Waals surface area contributed by atoms with Crippen LogP contribution in [0.3, 0.4) is 0 Å². The van der Waals surface area contributed by atoms with E-state index in [1.54, 1.807) is 0 Å². The lowest BCUT2D eigenvalue weighted by atomic mass is 10.6. The molecule has 20 heavy (non-hydrogen) atoms. The van der Waals surface area contributed by atoms with Gasteiger partial charge in [0.2, 0.25) is 0 Å². The van der Waals surface area contributed by atoms with Crippen molar-refractivity contribution < 1.29 is 4.12 Å². The molecule has 0 aromatic carbocycles. The van der Waals surface area contributed by atoms with E-state index in [9.17, 15) is 0 Å². The third-order valence-electron chi connectivity index (χ3n) is 5.14. The first-order valence-corrected chi connectivity index (χ1v) is 14.2. The van der Waals surface area contributed by atoms with Gasteiger partial charge >= 0.3 is 0 Å². The largest absolute Gasteiger partial charge is 0.455 e. The summed E-state index contributed by atoms with van der Waals surface area (Å²) in [5, 5.41) is 0. The van der Waals surface area contributed by atoms with E-state index >= 15 is 0 Å². The number of hydrogen-bond acceptors (Lipinski definition) is 1. The van der Waals surface area contributed by atoms with E-state index in [1.807, 2.05) is 0 Å². The lowest BCUT2D eigenvalue weighted by Crippen LogP contribution is -2.51. The average Bonchev–Trinajstić information content (AvgIpc) is 3.24. The molecule has 0 N–H and O–H groups in total. The van der Waals surface area contributed by atoms with Crippen molar-refractivity contribution in [2.75, 3.05) is 0 Å². The third kappa shape index (κ3) is 4.70. The standard InChI is InChI=1S/C17H38OSi2/c1-6-13-19(10-5,14-7-2)18-20(15-8-3,16-9-4)17-11-12-17/h17H,6-16H2,1-5H3. The first kappa shape index (κ1) is 18.4. The molecule has 1 rings (SSSR count). The SMILES string of the molecule is CCC[Si](CC)(CCC)O[Si](CCC)(CCC)C1CC1. The van der Waals surface area contributed by atoms with Crippen LogP contribution in [0.25, 0.3) is 0 Å². The minimum Gasteiger partial charge on any atom is -0.455 e. The zero-order chi connectivity index (χ0) is 15.1. The van der Waals surface area contributed by atoms with Crippen LogP contribution < -0.4 is 0 Å². The Balaban J connectivity index is 2.92. The summed E-state index contributed by atoms with van der Waals surface area (Å²) >= 11 is 0. The Morgan fingerprint density at radius 3 is 1.50 bits per heavy atom. The summed E-state index contributed by atoms with van der Waals surface area (Å²) in [5.41, 5.74) is 1.02. The fourth-order valence-corrected chi connectivity index (χ4v) is 17.3. The molecule has 0 aromatic rings. The van der Waals surface area contributed by atoms with Crippen molar-refractivity contribution in [2.45, 2.75) is 109 Å². The maximum atomic E-state index is 7.34. The minimum absolute atomic E-state index is 1.02. The second kappa shape index (κ2) is 8.74. The van der Waals surface area contributed by atoms with Gasteiger partial charge in [0.05, 0.1) is 0 Å². The Labute approximate surface area is 130 Å². The van der Waals surface area contributed by atoms with Gasteiger partial charge in [0.15, 0.2) is 16.6 Å². The second-order valence-corrected chi connectivity index (χ2v) is 15.8. The second-order valence-electron chi connectivity index (χ2n) is 6.98. The molecule has 0 radical (unpaired) electrons. The molecule has 0 heterocycles. The van der Waals surface area contributed by atoms with E-state index in [0.717, 1.165) is 5.54 Å². The van der Waals surface area contributed by atoms with Crippen LogP contribution in [0.15, 0.2) is 0 Å². The molecule has 1 fully saturated rings. The average molecular weight is 315 g/mol. The molecule has 1 aliphatic rings. The summed E-state index contributed by atoms with van der Waals surface area (Å²) in [7, 11) is -2.87. The zero-order valence-corrected chi connectivity index (χ0v) is 16.8. The van der Waals surface area contributed by atoms with Crippen LogP contribution in [0.1, 0.15) is 73.1 Å². The van der Waals surface area contributed by atoms with Gasteiger partial charge < -0.3 is 4.12 Å². The van der Waals surface area contributed by atoms with Crippen molar-refractivity contribution in [1.82, 2.24) is 0 Å². The summed E-state index contributed by atoms with van der Waals surface area (Å²) in [5.74, 6) is 0. The zero-order valence-electron chi connectivity index (χ0n) is 14.8. The Morgan fingerprint density at radius 1 is 0.750 bits per heavy atom. The van der Waals surface area contributed by atoms with Crippen molar-refractivity contribution in [3.8, 4) is 0 Å². The molecule has 3 heteroatoms.